The Morgan fingerprint density at radius 1 is 1.39 bits per heavy atom. The normalized spacial score (nSPS) is 12.1. The fourth-order valence-corrected chi connectivity index (χ4v) is 2.06. The molecule has 0 aromatic carbocycles. The number of halogens is 4. The smallest absolute Gasteiger partial charge is 0.349 e. The number of nitrogens with zero attached hydrogens (tertiary/aromatic N) is 3. The Balaban J connectivity index is 2.44. The van der Waals surface area contributed by atoms with Gasteiger partial charge in [-0.3, -0.25) is 0 Å². The minimum atomic E-state index is -4.27. The molecule has 0 aliphatic rings. The highest BCUT2D eigenvalue weighted by Crippen LogP contribution is 2.25. The predicted octanol–water partition coefficient (Wildman–Crippen LogP) is 3.07. The second-order valence-corrected chi connectivity index (χ2v) is 4.18. The Morgan fingerprint density at radius 3 is 2.72 bits per heavy atom. The van der Waals surface area contributed by atoms with E-state index < -0.39 is 12.7 Å². The maximum absolute atomic E-state index is 12.4. The van der Waals surface area contributed by atoms with Crippen LogP contribution in [-0.4, -0.2) is 29.2 Å². The summed E-state index contributed by atoms with van der Waals surface area (Å²) in [7, 11) is 1.35. The van der Waals surface area contributed by atoms with Crippen LogP contribution in [0.15, 0.2) is 24.4 Å². The molecule has 0 atom stereocenters. The Hall–Kier alpha value is -1.43. The van der Waals surface area contributed by atoms with E-state index in [2.05, 4.69) is 4.98 Å². The Bertz CT molecular complexity index is 550. The minimum absolute atomic E-state index is 0.0999. The number of alkyl halides is 4. The first kappa shape index (κ1) is 13.0. The van der Waals surface area contributed by atoms with Gasteiger partial charge < -0.3 is 9.30 Å². The van der Waals surface area contributed by atoms with E-state index in [0.29, 0.717) is 11.3 Å². The second-order valence-electron chi connectivity index (χ2n) is 3.92. The quantitative estimate of drug-likeness (QED) is 0.804. The Labute approximate surface area is 107 Å². The van der Waals surface area contributed by atoms with Crippen molar-refractivity contribution in [2.45, 2.75) is 12.1 Å². The average Bonchev–Trinajstić information content (AvgIpc) is 2.65. The molecule has 2 rings (SSSR count). The standard InChI is InChI=1S/C11H11ClF3N3/c1-17(7-11(13,14)15)10-8(6-12)18-5-3-2-4-9(18)16-10/h2-5H,6-7H2,1H3. The highest BCUT2D eigenvalue weighted by Gasteiger charge is 2.31. The number of aromatic nitrogens is 2. The highest BCUT2D eigenvalue weighted by atomic mass is 35.5. The highest BCUT2D eigenvalue weighted by molar-refractivity contribution is 6.17. The van der Waals surface area contributed by atoms with Crippen LogP contribution < -0.4 is 4.90 Å². The SMILES string of the molecule is CN(CC(F)(F)F)c1nc2ccccn2c1CCl. The van der Waals surface area contributed by atoms with Gasteiger partial charge in [0.05, 0.1) is 11.6 Å². The summed E-state index contributed by atoms with van der Waals surface area (Å²) in [5, 5.41) is 0. The molecule has 2 aromatic rings. The Kier molecular flexibility index (Phi) is 3.38. The van der Waals surface area contributed by atoms with Crippen LogP contribution in [0.2, 0.25) is 0 Å². The number of pyridine rings is 1. The summed E-state index contributed by atoms with van der Waals surface area (Å²) in [5.74, 6) is 0.358. The largest absolute Gasteiger partial charge is 0.405 e. The van der Waals surface area contributed by atoms with Crippen molar-refractivity contribution in [2.24, 2.45) is 0 Å². The van der Waals surface area contributed by atoms with Crippen molar-refractivity contribution in [1.29, 1.82) is 0 Å². The van der Waals surface area contributed by atoms with Crippen LogP contribution in [0.25, 0.3) is 5.65 Å². The van der Waals surface area contributed by atoms with E-state index in [1.54, 1.807) is 28.8 Å². The van der Waals surface area contributed by atoms with Crippen LogP contribution in [0.4, 0.5) is 19.0 Å². The minimum Gasteiger partial charge on any atom is -0.349 e. The number of hydrogen-bond donors (Lipinski definition) is 0. The van der Waals surface area contributed by atoms with E-state index in [1.165, 1.54) is 7.05 Å². The van der Waals surface area contributed by atoms with Gasteiger partial charge in [0.2, 0.25) is 0 Å². The molecule has 0 bridgehead atoms. The number of rotatable bonds is 3. The molecule has 2 heterocycles. The predicted molar refractivity (Wildman–Crippen MR) is 64.1 cm³/mol. The molecule has 0 fully saturated rings. The average molecular weight is 278 g/mol. The van der Waals surface area contributed by atoms with Gasteiger partial charge >= 0.3 is 6.18 Å². The van der Waals surface area contributed by atoms with Crippen LogP contribution in [0, 0.1) is 0 Å². The first-order valence-corrected chi connectivity index (χ1v) is 5.75. The molecule has 7 heteroatoms. The zero-order chi connectivity index (χ0) is 13.3. The van der Waals surface area contributed by atoms with Crippen LogP contribution in [-0.2, 0) is 5.88 Å². The number of anilines is 1. The summed E-state index contributed by atoms with van der Waals surface area (Å²) in [6, 6.07) is 5.27. The van der Waals surface area contributed by atoms with Gasteiger partial charge in [-0.25, -0.2) is 4.98 Å². The fourth-order valence-electron chi connectivity index (χ4n) is 1.81. The number of hydrogen-bond acceptors (Lipinski definition) is 2. The van der Waals surface area contributed by atoms with Crippen molar-refractivity contribution in [3.63, 3.8) is 0 Å². The zero-order valence-corrected chi connectivity index (χ0v) is 10.3. The summed E-state index contributed by atoms with van der Waals surface area (Å²) in [5.41, 5.74) is 1.14. The molecule has 98 valence electrons. The van der Waals surface area contributed by atoms with Crippen molar-refractivity contribution in [3.05, 3.63) is 30.1 Å². The fraction of sp³-hybridized carbons (Fsp3) is 0.364. The van der Waals surface area contributed by atoms with Crippen molar-refractivity contribution in [1.82, 2.24) is 9.38 Å². The van der Waals surface area contributed by atoms with Gasteiger partial charge in [-0.15, -0.1) is 11.6 Å². The summed E-state index contributed by atoms with van der Waals surface area (Å²) in [4.78, 5) is 5.23. The number of fused-ring (bicyclic) bond motifs is 1. The maximum Gasteiger partial charge on any atom is 0.405 e. The third kappa shape index (κ3) is 2.53. The first-order valence-electron chi connectivity index (χ1n) is 5.22. The molecule has 0 N–H and O–H groups in total. The van der Waals surface area contributed by atoms with E-state index >= 15 is 0 Å². The summed E-state index contributed by atoms with van der Waals surface area (Å²) in [6.07, 6.45) is -2.54. The van der Waals surface area contributed by atoms with Crippen molar-refractivity contribution < 1.29 is 13.2 Å². The lowest BCUT2D eigenvalue weighted by Crippen LogP contribution is -2.31. The van der Waals surface area contributed by atoms with Crippen LogP contribution in [0.5, 0.6) is 0 Å². The molecule has 3 nitrogen and oxygen atoms in total. The van der Waals surface area contributed by atoms with Gasteiger partial charge in [0.15, 0.2) is 5.82 Å². The van der Waals surface area contributed by atoms with Crippen LogP contribution >= 0.6 is 11.6 Å². The van der Waals surface area contributed by atoms with Crippen molar-refractivity contribution in [2.75, 3.05) is 18.5 Å². The van der Waals surface area contributed by atoms with Gasteiger partial charge in [-0.05, 0) is 12.1 Å². The molecular formula is C11H11ClF3N3. The number of imidazole rings is 1. The van der Waals surface area contributed by atoms with Gasteiger partial charge in [0.25, 0.3) is 0 Å². The molecule has 0 spiro atoms. The van der Waals surface area contributed by atoms with E-state index in [1.807, 2.05) is 0 Å². The van der Waals surface area contributed by atoms with E-state index in [0.717, 1.165) is 4.90 Å². The maximum atomic E-state index is 12.4. The van der Waals surface area contributed by atoms with E-state index in [9.17, 15) is 13.2 Å². The molecule has 0 aliphatic carbocycles. The summed E-state index contributed by atoms with van der Waals surface area (Å²) in [6.45, 7) is -1.05. The van der Waals surface area contributed by atoms with Gasteiger partial charge in [-0.2, -0.15) is 13.2 Å². The van der Waals surface area contributed by atoms with Crippen molar-refractivity contribution in [3.8, 4) is 0 Å². The van der Waals surface area contributed by atoms with Crippen LogP contribution in [0.1, 0.15) is 5.69 Å². The van der Waals surface area contributed by atoms with Gasteiger partial charge in [-0.1, -0.05) is 6.07 Å². The van der Waals surface area contributed by atoms with Crippen molar-refractivity contribution >= 4 is 23.1 Å². The topological polar surface area (TPSA) is 20.5 Å². The van der Waals surface area contributed by atoms with E-state index in [-0.39, 0.29) is 11.7 Å². The summed E-state index contributed by atoms with van der Waals surface area (Å²) < 4.78 is 38.8. The van der Waals surface area contributed by atoms with E-state index in [4.69, 9.17) is 11.6 Å². The lowest BCUT2D eigenvalue weighted by Gasteiger charge is -2.19. The second kappa shape index (κ2) is 4.68. The van der Waals surface area contributed by atoms with Gasteiger partial charge in [0.1, 0.15) is 12.2 Å². The van der Waals surface area contributed by atoms with Gasteiger partial charge in [0, 0.05) is 13.2 Å². The molecule has 0 radical (unpaired) electrons. The first-order chi connectivity index (χ1) is 8.42. The third-order valence-corrected chi connectivity index (χ3v) is 2.77. The molecule has 0 unspecified atom stereocenters. The summed E-state index contributed by atoms with van der Waals surface area (Å²) >= 11 is 5.80. The third-order valence-electron chi connectivity index (χ3n) is 2.51. The molecule has 0 saturated heterocycles. The monoisotopic (exact) mass is 277 g/mol. The molecule has 18 heavy (non-hydrogen) atoms. The zero-order valence-electron chi connectivity index (χ0n) is 9.58. The lowest BCUT2D eigenvalue weighted by atomic mass is 10.4. The van der Waals surface area contributed by atoms with Crippen LogP contribution in [0.3, 0.4) is 0 Å². The molecule has 0 saturated carbocycles. The molecule has 2 aromatic heterocycles. The molecule has 0 amide bonds. The molecular weight excluding hydrogens is 267 g/mol. The molecule has 0 aliphatic heterocycles. The Morgan fingerprint density at radius 2 is 2.11 bits per heavy atom. The lowest BCUT2D eigenvalue weighted by molar-refractivity contribution is -0.119.